The number of rotatable bonds is 4. The van der Waals surface area contributed by atoms with Crippen LogP contribution in [0.4, 0.5) is 0 Å². The van der Waals surface area contributed by atoms with Crippen molar-refractivity contribution in [3.05, 3.63) is 51.7 Å². The van der Waals surface area contributed by atoms with E-state index in [9.17, 15) is 9.59 Å². The largest absolute Gasteiger partial charge is 0.454 e. The minimum Gasteiger partial charge on any atom is -0.454 e. The fourth-order valence-electron chi connectivity index (χ4n) is 4.42. The summed E-state index contributed by atoms with van der Waals surface area (Å²) in [7, 11) is 0. The van der Waals surface area contributed by atoms with E-state index in [0.717, 1.165) is 43.0 Å². The molecule has 1 saturated heterocycles. The third-order valence-electron chi connectivity index (χ3n) is 5.84. The molecule has 0 N–H and O–H groups in total. The highest BCUT2D eigenvalue weighted by Crippen LogP contribution is 2.37. The van der Waals surface area contributed by atoms with E-state index in [4.69, 9.17) is 9.47 Å². The Balaban J connectivity index is 1.46. The van der Waals surface area contributed by atoms with Gasteiger partial charge >= 0.3 is 5.69 Å². The number of piperidine rings is 1. The molecule has 1 aromatic carbocycles. The lowest BCUT2D eigenvalue weighted by molar-refractivity contribution is -0.135. The molecule has 2 aliphatic rings. The summed E-state index contributed by atoms with van der Waals surface area (Å²) in [4.78, 5) is 31.0. The van der Waals surface area contributed by atoms with Crippen LogP contribution < -0.4 is 15.2 Å². The normalized spacial score (nSPS) is 20.7. The van der Waals surface area contributed by atoms with Gasteiger partial charge in [0.05, 0.1) is 0 Å². The molecular weight excluding hydrogens is 370 g/mol. The molecule has 1 aromatic heterocycles. The van der Waals surface area contributed by atoms with Crippen molar-refractivity contribution < 1.29 is 14.3 Å². The van der Waals surface area contributed by atoms with Crippen LogP contribution in [0, 0.1) is 19.3 Å². The summed E-state index contributed by atoms with van der Waals surface area (Å²) >= 11 is 0. The summed E-state index contributed by atoms with van der Waals surface area (Å²) in [5.41, 5.74) is 2.23. The molecule has 0 saturated carbocycles. The van der Waals surface area contributed by atoms with Crippen LogP contribution in [-0.2, 0) is 17.8 Å². The Kier molecular flexibility index (Phi) is 5.06. The molecule has 154 valence electrons. The van der Waals surface area contributed by atoms with Gasteiger partial charge in [-0.3, -0.25) is 9.36 Å². The Morgan fingerprint density at radius 2 is 2.00 bits per heavy atom. The number of amides is 1. The third-order valence-corrected chi connectivity index (χ3v) is 5.84. The number of benzene rings is 1. The van der Waals surface area contributed by atoms with Crippen LogP contribution in [0.5, 0.6) is 11.5 Å². The second kappa shape index (κ2) is 7.54. The van der Waals surface area contributed by atoms with E-state index in [1.807, 2.05) is 30.0 Å². The lowest BCUT2D eigenvalue weighted by atomic mass is 9.77. The first-order valence-corrected chi connectivity index (χ1v) is 10.0. The van der Waals surface area contributed by atoms with Gasteiger partial charge in [-0.15, -0.1) is 0 Å². The van der Waals surface area contributed by atoms with Gasteiger partial charge in [0.1, 0.15) is 6.54 Å². The van der Waals surface area contributed by atoms with E-state index in [1.165, 1.54) is 10.1 Å². The predicted octanol–water partition coefficient (Wildman–Crippen LogP) is 2.46. The number of aryl methyl sites for hydroxylation is 2. The number of carbonyl (C=O) groups excluding carboxylic acids is 1. The van der Waals surface area contributed by atoms with Gasteiger partial charge in [0.2, 0.25) is 12.7 Å². The number of likely N-dealkylation sites (tertiary alicyclic amines) is 1. The SMILES string of the molecule is Cc1cc(C)n(CC(=O)N2CCCC(C)(Cc3ccc4c(c3)OCO4)C2)c(=O)n1. The fourth-order valence-corrected chi connectivity index (χ4v) is 4.42. The summed E-state index contributed by atoms with van der Waals surface area (Å²) in [6, 6.07) is 7.89. The molecule has 4 rings (SSSR count). The maximum atomic E-state index is 13.0. The zero-order chi connectivity index (χ0) is 20.6. The maximum absolute atomic E-state index is 13.0. The number of aromatic nitrogens is 2. The molecule has 1 atom stereocenters. The number of fused-ring (bicyclic) bond motifs is 1. The number of hydrogen-bond acceptors (Lipinski definition) is 5. The van der Waals surface area contributed by atoms with Crippen molar-refractivity contribution in [2.75, 3.05) is 19.9 Å². The molecule has 1 amide bonds. The van der Waals surface area contributed by atoms with E-state index in [1.54, 1.807) is 6.92 Å². The zero-order valence-electron chi connectivity index (χ0n) is 17.2. The average molecular weight is 397 g/mol. The second-order valence-electron chi connectivity index (χ2n) is 8.50. The Morgan fingerprint density at radius 3 is 2.79 bits per heavy atom. The maximum Gasteiger partial charge on any atom is 0.348 e. The van der Waals surface area contributed by atoms with Crippen LogP contribution in [-0.4, -0.2) is 40.2 Å². The first kappa shape index (κ1) is 19.5. The van der Waals surface area contributed by atoms with Gasteiger partial charge in [0.15, 0.2) is 11.5 Å². The molecule has 7 heteroatoms. The smallest absolute Gasteiger partial charge is 0.348 e. The lowest BCUT2D eigenvalue weighted by Crippen LogP contribution is -2.47. The Hall–Kier alpha value is -2.83. The quantitative estimate of drug-likeness (QED) is 0.792. The van der Waals surface area contributed by atoms with Gasteiger partial charge in [-0.2, -0.15) is 4.98 Å². The molecule has 0 radical (unpaired) electrons. The van der Waals surface area contributed by atoms with Gasteiger partial charge in [-0.05, 0) is 62.3 Å². The van der Waals surface area contributed by atoms with Crippen molar-refractivity contribution in [1.29, 1.82) is 0 Å². The van der Waals surface area contributed by atoms with Gasteiger partial charge in [-0.25, -0.2) is 4.79 Å². The molecule has 2 aromatic rings. The van der Waals surface area contributed by atoms with E-state index >= 15 is 0 Å². The van der Waals surface area contributed by atoms with Crippen LogP contribution in [0.1, 0.15) is 36.7 Å². The number of hydrogen-bond donors (Lipinski definition) is 0. The summed E-state index contributed by atoms with van der Waals surface area (Å²) in [5, 5.41) is 0. The Bertz CT molecular complexity index is 1000. The number of carbonyl (C=O) groups is 1. The molecular formula is C22H27N3O4. The minimum atomic E-state index is -0.365. The molecule has 29 heavy (non-hydrogen) atoms. The summed E-state index contributed by atoms with van der Waals surface area (Å²) in [5.74, 6) is 1.54. The van der Waals surface area contributed by atoms with E-state index < -0.39 is 0 Å². The molecule has 1 fully saturated rings. The third kappa shape index (κ3) is 4.13. The zero-order valence-corrected chi connectivity index (χ0v) is 17.2. The number of ether oxygens (including phenoxy) is 2. The predicted molar refractivity (Wildman–Crippen MR) is 108 cm³/mol. The molecule has 0 spiro atoms. The lowest BCUT2D eigenvalue weighted by Gasteiger charge is -2.41. The summed E-state index contributed by atoms with van der Waals surface area (Å²) in [6.45, 7) is 7.55. The van der Waals surface area contributed by atoms with Crippen LogP contribution in [0.2, 0.25) is 0 Å². The van der Waals surface area contributed by atoms with Crippen molar-refractivity contribution in [1.82, 2.24) is 14.5 Å². The molecule has 0 bridgehead atoms. The van der Waals surface area contributed by atoms with Gasteiger partial charge in [-0.1, -0.05) is 13.0 Å². The van der Waals surface area contributed by atoms with Crippen LogP contribution >= 0.6 is 0 Å². The number of nitrogens with zero attached hydrogens (tertiary/aromatic N) is 3. The average Bonchev–Trinajstić information content (AvgIpc) is 3.12. The van der Waals surface area contributed by atoms with E-state index in [0.29, 0.717) is 12.2 Å². The topological polar surface area (TPSA) is 73.7 Å². The van der Waals surface area contributed by atoms with Crippen molar-refractivity contribution in [2.24, 2.45) is 5.41 Å². The fraction of sp³-hybridized carbons (Fsp3) is 0.500. The highest BCUT2D eigenvalue weighted by molar-refractivity contribution is 5.76. The monoisotopic (exact) mass is 397 g/mol. The van der Waals surface area contributed by atoms with Crippen molar-refractivity contribution in [2.45, 2.75) is 46.6 Å². The molecule has 1 unspecified atom stereocenters. The summed E-state index contributed by atoms with van der Waals surface area (Å²) < 4.78 is 12.3. The second-order valence-corrected chi connectivity index (χ2v) is 8.50. The van der Waals surface area contributed by atoms with Crippen molar-refractivity contribution >= 4 is 5.91 Å². The standard InChI is InChI=1S/C22H27N3O4/c1-15-9-16(2)25(21(27)23-15)12-20(26)24-8-4-7-22(3,13-24)11-17-5-6-18-19(10-17)29-14-28-18/h5-6,9-10H,4,7-8,11-14H2,1-3H3. The highest BCUT2D eigenvalue weighted by Gasteiger charge is 2.34. The first-order chi connectivity index (χ1) is 13.8. The van der Waals surface area contributed by atoms with Crippen molar-refractivity contribution in [3.63, 3.8) is 0 Å². The first-order valence-electron chi connectivity index (χ1n) is 10.0. The van der Waals surface area contributed by atoms with Crippen molar-refractivity contribution in [3.8, 4) is 11.5 Å². The Morgan fingerprint density at radius 1 is 1.21 bits per heavy atom. The van der Waals surface area contributed by atoms with E-state index in [-0.39, 0.29) is 30.3 Å². The van der Waals surface area contributed by atoms with Gasteiger partial charge < -0.3 is 14.4 Å². The molecule has 0 aliphatic carbocycles. The molecule has 7 nitrogen and oxygen atoms in total. The van der Waals surface area contributed by atoms with Crippen LogP contribution in [0.25, 0.3) is 0 Å². The molecule has 2 aliphatic heterocycles. The highest BCUT2D eigenvalue weighted by atomic mass is 16.7. The van der Waals surface area contributed by atoms with Gasteiger partial charge in [0, 0.05) is 24.5 Å². The van der Waals surface area contributed by atoms with Crippen LogP contribution in [0.15, 0.2) is 29.1 Å². The van der Waals surface area contributed by atoms with Crippen LogP contribution in [0.3, 0.4) is 0 Å². The Labute approximate surface area is 170 Å². The minimum absolute atomic E-state index is 0.0207. The van der Waals surface area contributed by atoms with E-state index in [2.05, 4.69) is 18.0 Å². The van der Waals surface area contributed by atoms with Gasteiger partial charge in [0.25, 0.3) is 0 Å². The summed E-state index contributed by atoms with van der Waals surface area (Å²) in [6.07, 6.45) is 2.86. The molecule has 3 heterocycles.